The number of carbonyl (C=O) groups excluding carboxylic acids is 1. The van der Waals surface area contributed by atoms with E-state index in [1.165, 1.54) is 0 Å². The molecule has 0 saturated carbocycles. The summed E-state index contributed by atoms with van der Waals surface area (Å²) in [4.78, 5) is 45.9. The maximum atomic E-state index is 11.1. The lowest BCUT2D eigenvalue weighted by atomic mass is 9.97. The maximum absolute atomic E-state index is 11.1. The van der Waals surface area contributed by atoms with Crippen molar-refractivity contribution in [3.8, 4) is 0 Å². The van der Waals surface area contributed by atoms with E-state index in [4.69, 9.17) is 24.3 Å². The molecule has 0 unspecified atom stereocenters. The number of aliphatic hydroxyl groups is 2. The van der Waals surface area contributed by atoms with Gasteiger partial charge in [0.15, 0.2) is 6.29 Å². The second-order valence-corrected chi connectivity index (χ2v) is 7.06. The molecular formula is C8H17NO12P2. The number of rotatable bonds is 6. The molecule has 1 fully saturated rings. The van der Waals surface area contributed by atoms with E-state index in [1.54, 1.807) is 0 Å². The first-order valence-electron chi connectivity index (χ1n) is 6.03. The Hall–Kier alpha value is -0.430. The molecule has 1 amide bonds. The molecule has 0 spiro atoms. The van der Waals surface area contributed by atoms with E-state index in [-0.39, 0.29) is 0 Å². The molecule has 13 nitrogen and oxygen atoms in total. The summed E-state index contributed by atoms with van der Waals surface area (Å²) in [5.74, 6) is -0.714. The van der Waals surface area contributed by atoms with Gasteiger partial charge >= 0.3 is 15.6 Å². The molecule has 1 aliphatic rings. The largest absolute Gasteiger partial charge is 0.472 e. The van der Waals surface area contributed by atoms with Crippen LogP contribution in [-0.4, -0.2) is 72.9 Å². The summed E-state index contributed by atoms with van der Waals surface area (Å²) < 4.78 is 34.9. The van der Waals surface area contributed by atoms with Crippen molar-refractivity contribution in [3.05, 3.63) is 0 Å². The molecule has 1 rings (SSSR count). The monoisotopic (exact) mass is 381 g/mol. The van der Waals surface area contributed by atoms with E-state index in [0.29, 0.717) is 0 Å². The fourth-order valence-corrected chi connectivity index (χ4v) is 2.65. The van der Waals surface area contributed by atoms with Crippen LogP contribution in [0.4, 0.5) is 0 Å². The van der Waals surface area contributed by atoms with Crippen LogP contribution in [0.15, 0.2) is 0 Å². The third kappa shape index (κ3) is 6.91. The van der Waals surface area contributed by atoms with Crippen LogP contribution in [0.5, 0.6) is 0 Å². The van der Waals surface area contributed by atoms with Crippen LogP contribution in [0.25, 0.3) is 0 Å². The first kappa shape index (κ1) is 20.6. The number of phosphoric acid groups is 2. The first-order chi connectivity index (χ1) is 10.3. The minimum atomic E-state index is -5.10. The zero-order valence-electron chi connectivity index (χ0n) is 11.6. The van der Waals surface area contributed by atoms with Gasteiger partial charge in [-0.2, -0.15) is 0 Å². The second kappa shape index (κ2) is 7.64. The summed E-state index contributed by atoms with van der Waals surface area (Å²) in [7, 11) is -10.0. The van der Waals surface area contributed by atoms with Gasteiger partial charge in [-0.3, -0.25) is 13.8 Å². The average Bonchev–Trinajstić information content (AvgIpc) is 2.33. The fraction of sp³-hybridized carbons (Fsp3) is 0.875. The Morgan fingerprint density at radius 2 is 1.70 bits per heavy atom. The fourth-order valence-electron chi connectivity index (χ4n) is 1.85. The van der Waals surface area contributed by atoms with Crippen LogP contribution >= 0.6 is 15.6 Å². The summed E-state index contributed by atoms with van der Waals surface area (Å²) in [6.45, 7) is 0.132. The Bertz CT molecular complexity index is 515. The quantitative estimate of drug-likeness (QED) is 0.232. The predicted octanol–water partition coefficient (Wildman–Crippen LogP) is -2.84. The number of hydrogen-bond acceptors (Lipinski definition) is 8. The lowest BCUT2D eigenvalue weighted by molar-refractivity contribution is -0.247. The van der Waals surface area contributed by atoms with Crippen LogP contribution in [0.3, 0.4) is 0 Å². The normalized spacial score (nSPS) is 32.6. The summed E-state index contributed by atoms with van der Waals surface area (Å²) >= 11 is 0. The molecule has 0 aliphatic carbocycles. The van der Waals surface area contributed by atoms with E-state index in [2.05, 4.69) is 14.4 Å². The van der Waals surface area contributed by atoms with Gasteiger partial charge in [0.2, 0.25) is 5.91 Å². The van der Waals surface area contributed by atoms with Crippen molar-refractivity contribution < 1.29 is 57.5 Å². The van der Waals surface area contributed by atoms with Gasteiger partial charge < -0.3 is 39.8 Å². The minimum absolute atomic E-state index is 0.714. The standard InChI is InChI=1S/C8H17NO12P2/c1-3(10)9-5-7(12)6(11)4(2-19-22(13,14)15)20-8(5)21-23(16,17)18/h4-8,11-12H,2H2,1H3,(H,9,10)(H2,13,14,15)(H2,16,17,18)/t4-,5-,6-,7-,8-/m1/s1. The minimum Gasteiger partial charge on any atom is -0.388 e. The zero-order valence-corrected chi connectivity index (χ0v) is 13.4. The van der Waals surface area contributed by atoms with Gasteiger partial charge in [0.05, 0.1) is 6.61 Å². The topological polar surface area (TPSA) is 212 Å². The van der Waals surface area contributed by atoms with Crippen LogP contribution in [0.1, 0.15) is 6.92 Å². The molecule has 15 heteroatoms. The zero-order chi connectivity index (χ0) is 18.0. The van der Waals surface area contributed by atoms with Crippen molar-refractivity contribution in [2.45, 2.75) is 37.6 Å². The van der Waals surface area contributed by atoms with E-state index in [9.17, 15) is 24.1 Å². The Balaban J connectivity index is 2.93. The third-order valence-corrected chi connectivity index (χ3v) is 3.69. The molecule has 136 valence electrons. The molecular weight excluding hydrogens is 364 g/mol. The Morgan fingerprint density at radius 1 is 1.13 bits per heavy atom. The molecule has 1 aliphatic heterocycles. The molecule has 5 atom stereocenters. The van der Waals surface area contributed by atoms with Crippen LogP contribution < -0.4 is 5.32 Å². The van der Waals surface area contributed by atoms with Gasteiger partial charge in [-0.1, -0.05) is 0 Å². The van der Waals surface area contributed by atoms with Gasteiger partial charge in [0.25, 0.3) is 0 Å². The second-order valence-electron chi connectivity index (χ2n) is 4.63. The molecule has 1 saturated heterocycles. The summed E-state index contributed by atoms with van der Waals surface area (Å²) in [6, 6.07) is -1.54. The van der Waals surface area contributed by atoms with Crippen molar-refractivity contribution >= 4 is 21.6 Å². The molecule has 23 heavy (non-hydrogen) atoms. The Labute approximate surface area is 129 Å². The highest BCUT2D eigenvalue weighted by Gasteiger charge is 2.48. The van der Waals surface area contributed by atoms with Crippen LogP contribution in [0.2, 0.25) is 0 Å². The SMILES string of the molecule is CC(=O)N[C@H]1[C@@H](OP(=O)(O)O)O[C@H](COP(=O)(O)O)[C@@H](O)[C@@H]1O. The molecule has 0 aromatic rings. The maximum Gasteiger partial charge on any atom is 0.472 e. The van der Waals surface area contributed by atoms with Gasteiger partial charge in [0.1, 0.15) is 24.4 Å². The Kier molecular flexibility index (Phi) is 6.84. The molecule has 0 bridgehead atoms. The predicted molar refractivity (Wildman–Crippen MR) is 69.4 cm³/mol. The van der Waals surface area contributed by atoms with Crippen molar-refractivity contribution in [1.82, 2.24) is 5.32 Å². The number of carbonyl (C=O) groups is 1. The van der Waals surface area contributed by atoms with Crippen molar-refractivity contribution in [3.63, 3.8) is 0 Å². The van der Waals surface area contributed by atoms with Crippen LogP contribution in [-0.2, 0) is 27.7 Å². The van der Waals surface area contributed by atoms with Gasteiger partial charge in [-0.15, -0.1) is 0 Å². The van der Waals surface area contributed by atoms with E-state index >= 15 is 0 Å². The van der Waals surface area contributed by atoms with Crippen molar-refractivity contribution in [2.24, 2.45) is 0 Å². The summed E-state index contributed by atoms with van der Waals surface area (Å²) in [5.41, 5.74) is 0. The van der Waals surface area contributed by atoms with Gasteiger partial charge in [-0.05, 0) is 0 Å². The third-order valence-electron chi connectivity index (χ3n) is 2.72. The van der Waals surface area contributed by atoms with Gasteiger partial charge in [-0.25, -0.2) is 9.13 Å². The highest BCUT2D eigenvalue weighted by Crippen LogP contribution is 2.41. The number of ether oxygens (including phenoxy) is 1. The van der Waals surface area contributed by atoms with Crippen molar-refractivity contribution in [2.75, 3.05) is 6.61 Å². The van der Waals surface area contributed by atoms with Crippen LogP contribution in [0, 0.1) is 0 Å². The number of hydrogen-bond donors (Lipinski definition) is 7. The van der Waals surface area contributed by atoms with E-state index in [0.717, 1.165) is 6.92 Å². The summed E-state index contributed by atoms with van der Waals surface area (Å²) in [5, 5.41) is 21.8. The molecule has 0 radical (unpaired) electrons. The first-order valence-corrected chi connectivity index (χ1v) is 9.09. The number of amides is 1. The molecule has 0 aromatic heterocycles. The number of aliphatic hydroxyl groups excluding tert-OH is 2. The Morgan fingerprint density at radius 3 is 2.13 bits per heavy atom. The highest BCUT2D eigenvalue weighted by molar-refractivity contribution is 7.46. The molecule has 7 N–H and O–H groups in total. The summed E-state index contributed by atoms with van der Waals surface area (Å²) in [6.07, 6.45) is -7.08. The molecule has 0 aromatic carbocycles. The van der Waals surface area contributed by atoms with E-state index < -0.39 is 58.8 Å². The van der Waals surface area contributed by atoms with Gasteiger partial charge in [0, 0.05) is 6.92 Å². The lowest BCUT2D eigenvalue weighted by Crippen LogP contribution is -2.64. The van der Waals surface area contributed by atoms with E-state index in [1.807, 2.05) is 0 Å². The number of phosphoric ester groups is 2. The lowest BCUT2D eigenvalue weighted by Gasteiger charge is -2.42. The highest BCUT2D eigenvalue weighted by atomic mass is 31.2. The smallest absolute Gasteiger partial charge is 0.388 e. The van der Waals surface area contributed by atoms with Crippen molar-refractivity contribution in [1.29, 1.82) is 0 Å². The average molecular weight is 381 g/mol. The molecule has 1 heterocycles. The number of nitrogens with one attached hydrogen (secondary N) is 1.